The molecule has 1 aliphatic rings. The Morgan fingerprint density at radius 1 is 1.31 bits per heavy atom. The maximum absolute atomic E-state index is 4.78. The number of aromatic nitrogens is 1. The smallest absolute Gasteiger partial charge is 0.0311 e. The molecule has 2 heteroatoms. The number of rotatable bonds is 3. The van der Waals surface area contributed by atoms with Crippen molar-refractivity contribution in [3.63, 3.8) is 0 Å². The van der Waals surface area contributed by atoms with Crippen LogP contribution in [-0.2, 0) is 0 Å². The van der Waals surface area contributed by atoms with Crippen molar-refractivity contribution in [1.82, 2.24) is 4.98 Å². The molecular formula is C14H21NS. The molecule has 1 aromatic rings. The first-order valence-corrected chi connectivity index (χ1v) is 6.88. The number of hydrogen-bond acceptors (Lipinski definition) is 2. The average molecular weight is 235 g/mol. The van der Waals surface area contributed by atoms with E-state index in [0.717, 1.165) is 5.92 Å². The minimum Gasteiger partial charge on any atom is -0.264 e. The molecule has 1 nitrogen and oxygen atoms in total. The number of hydrogen-bond donors (Lipinski definition) is 1. The van der Waals surface area contributed by atoms with Gasteiger partial charge in [0.1, 0.15) is 0 Å². The lowest BCUT2D eigenvalue weighted by Gasteiger charge is -2.31. The maximum Gasteiger partial charge on any atom is 0.0311 e. The highest BCUT2D eigenvalue weighted by Crippen LogP contribution is 2.39. The zero-order valence-electron chi connectivity index (χ0n) is 9.97. The van der Waals surface area contributed by atoms with E-state index in [2.05, 4.69) is 18.0 Å². The lowest BCUT2D eigenvalue weighted by molar-refractivity contribution is 0.260. The van der Waals surface area contributed by atoms with E-state index in [-0.39, 0.29) is 0 Å². The largest absolute Gasteiger partial charge is 0.264 e. The molecule has 1 aliphatic carbocycles. The normalized spacial score (nSPS) is 21.6. The van der Waals surface area contributed by atoms with Crippen LogP contribution in [0.4, 0.5) is 0 Å². The summed E-state index contributed by atoms with van der Waals surface area (Å²) in [5, 5.41) is 0.344. The molecule has 0 spiro atoms. The predicted molar refractivity (Wildman–Crippen MR) is 71.7 cm³/mol. The summed E-state index contributed by atoms with van der Waals surface area (Å²) in [5.41, 5.74) is 1.27. The van der Waals surface area contributed by atoms with E-state index >= 15 is 0 Å². The van der Waals surface area contributed by atoms with Crippen LogP contribution in [-0.4, -0.2) is 4.98 Å². The van der Waals surface area contributed by atoms with Crippen LogP contribution in [0, 0.1) is 11.8 Å². The van der Waals surface area contributed by atoms with Gasteiger partial charge in [0, 0.05) is 17.6 Å². The Bertz CT molecular complexity index is 306. The quantitative estimate of drug-likeness (QED) is 0.772. The van der Waals surface area contributed by atoms with E-state index in [4.69, 9.17) is 12.6 Å². The summed E-state index contributed by atoms with van der Waals surface area (Å²) in [7, 11) is 0. The van der Waals surface area contributed by atoms with Crippen molar-refractivity contribution in [3.05, 3.63) is 30.1 Å². The molecule has 2 unspecified atom stereocenters. The summed E-state index contributed by atoms with van der Waals surface area (Å²) in [6.07, 6.45) is 10.8. The minimum atomic E-state index is 0.344. The Labute approximate surface area is 104 Å². The van der Waals surface area contributed by atoms with Gasteiger partial charge in [-0.15, -0.1) is 0 Å². The summed E-state index contributed by atoms with van der Waals surface area (Å²) in [6, 6.07) is 4.15. The fourth-order valence-corrected chi connectivity index (χ4v) is 3.17. The zero-order valence-corrected chi connectivity index (χ0v) is 10.9. The molecule has 88 valence electrons. The van der Waals surface area contributed by atoms with Gasteiger partial charge >= 0.3 is 0 Å². The van der Waals surface area contributed by atoms with E-state index in [1.165, 1.54) is 37.7 Å². The van der Waals surface area contributed by atoms with E-state index in [9.17, 15) is 0 Å². The highest BCUT2D eigenvalue weighted by atomic mass is 32.1. The third kappa shape index (κ3) is 2.79. The van der Waals surface area contributed by atoms with Crippen LogP contribution >= 0.6 is 12.6 Å². The van der Waals surface area contributed by atoms with Crippen LogP contribution in [0.5, 0.6) is 0 Å². The summed E-state index contributed by atoms with van der Waals surface area (Å²) in [5.74, 6) is 1.52. The van der Waals surface area contributed by atoms with E-state index < -0.39 is 0 Å². The van der Waals surface area contributed by atoms with Crippen molar-refractivity contribution in [2.75, 3.05) is 0 Å². The minimum absolute atomic E-state index is 0.344. The molecule has 0 radical (unpaired) electrons. The van der Waals surface area contributed by atoms with Crippen molar-refractivity contribution in [2.24, 2.45) is 11.8 Å². The lowest BCUT2D eigenvalue weighted by atomic mass is 9.78. The van der Waals surface area contributed by atoms with Crippen LogP contribution in [0.15, 0.2) is 24.5 Å². The first-order chi connectivity index (χ1) is 7.79. The molecule has 2 rings (SSSR count). The van der Waals surface area contributed by atoms with Gasteiger partial charge in [-0.25, -0.2) is 0 Å². The van der Waals surface area contributed by atoms with Crippen LogP contribution in [0.25, 0.3) is 0 Å². The fourth-order valence-electron chi connectivity index (χ4n) is 2.77. The summed E-state index contributed by atoms with van der Waals surface area (Å²) in [4.78, 5) is 4.18. The standard InChI is InChI=1S/C14H21NS/c1-11(12-6-3-2-4-7-12)14(16)13-8-5-9-15-10-13/h5,8-12,14,16H,2-4,6-7H2,1H3. The topological polar surface area (TPSA) is 12.9 Å². The van der Waals surface area contributed by atoms with Crippen molar-refractivity contribution in [1.29, 1.82) is 0 Å². The van der Waals surface area contributed by atoms with E-state index in [1.807, 2.05) is 18.5 Å². The Balaban J connectivity index is 2.00. The van der Waals surface area contributed by atoms with Gasteiger partial charge in [-0.3, -0.25) is 4.98 Å². The molecular weight excluding hydrogens is 214 g/mol. The van der Waals surface area contributed by atoms with E-state index in [0.29, 0.717) is 11.2 Å². The highest BCUT2D eigenvalue weighted by Gasteiger charge is 2.25. The van der Waals surface area contributed by atoms with Gasteiger partial charge < -0.3 is 0 Å². The molecule has 1 heterocycles. The Morgan fingerprint density at radius 2 is 2.06 bits per heavy atom. The first-order valence-electron chi connectivity index (χ1n) is 6.37. The molecule has 1 aromatic heterocycles. The molecule has 16 heavy (non-hydrogen) atoms. The number of thiol groups is 1. The molecule has 0 saturated heterocycles. The van der Waals surface area contributed by atoms with Gasteiger partial charge in [0.25, 0.3) is 0 Å². The molecule has 1 saturated carbocycles. The Hall–Kier alpha value is -0.500. The van der Waals surface area contributed by atoms with Crippen molar-refractivity contribution >= 4 is 12.6 Å². The van der Waals surface area contributed by atoms with Gasteiger partial charge in [0.15, 0.2) is 0 Å². The van der Waals surface area contributed by atoms with Gasteiger partial charge in [0.05, 0.1) is 0 Å². The van der Waals surface area contributed by atoms with Crippen LogP contribution < -0.4 is 0 Å². The zero-order chi connectivity index (χ0) is 11.4. The predicted octanol–water partition coefficient (Wildman–Crippen LogP) is 4.27. The molecule has 0 aliphatic heterocycles. The third-order valence-electron chi connectivity index (χ3n) is 3.92. The summed E-state index contributed by atoms with van der Waals surface area (Å²) < 4.78 is 0. The average Bonchev–Trinajstić information content (AvgIpc) is 2.39. The lowest BCUT2D eigenvalue weighted by Crippen LogP contribution is -2.19. The molecule has 0 N–H and O–H groups in total. The SMILES string of the molecule is CC(C1CCCCC1)C(S)c1cccnc1. The second kappa shape index (κ2) is 5.72. The van der Waals surface area contributed by atoms with Gasteiger partial charge in [0.2, 0.25) is 0 Å². The van der Waals surface area contributed by atoms with Gasteiger partial charge in [-0.2, -0.15) is 12.6 Å². The fraction of sp³-hybridized carbons (Fsp3) is 0.643. The monoisotopic (exact) mass is 235 g/mol. The van der Waals surface area contributed by atoms with Crippen LogP contribution in [0.3, 0.4) is 0 Å². The van der Waals surface area contributed by atoms with Crippen molar-refractivity contribution in [2.45, 2.75) is 44.3 Å². The van der Waals surface area contributed by atoms with Crippen LogP contribution in [0.2, 0.25) is 0 Å². The molecule has 1 fully saturated rings. The third-order valence-corrected chi connectivity index (χ3v) is 4.69. The first kappa shape index (κ1) is 12.0. The van der Waals surface area contributed by atoms with Crippen molar-refractivity contribution < 1.29 is 0 Å². The molecule has 0 bridgehead atoms. The van der Waals surface area contributed by atoms with E-state index in [1.54, 1.807) is 0 Å². The second-order valence-corrected chi connectivity index (χ2v) is 5.54. The Kier molecular flexibility index (Phi) is 4.28. The molecule has 2 atom stereocenters. The maximum atomic E-state index is 4.78. The van der Waals surface area contributed by atoms with Crippen LogP contribution in [0.1, 0.15) is 49.8 Å². The van der Waals surface area contributed by atoms with Crippen molar-refractivity contribution in [3.8, 4) is 0 Å². The highest BCUT2D eigenvalue weighted by molar-refractivity contribution is 7.80. The molecule has 0 aromatic carbocycles. The number of nitrogens with zero attached hydrogens (tertiary/aromatic N) is 1. The van der Waals surface area contributed by atoms with Gasteiger partial charge in [-0.1, -0.05) is 45.1 Å². The second-order valence-electron chi connectivity index (χ2n) is 4.99. The Morgan fingerprint density at radius 3 is 2.69 bits per heavy atom. The summed E-state index contributed by atoms with van der Waals surface area (Å²) in [6.45, 7) is 2.35. The summed E-state index contributed by atoms with van der Waals surface area (Å²) >= 11 is 4.78. The molecule has 0 amide bonds. The number of pyridine rings is 1. The van der Waals surface area contributed by atoms with Gasteiger partial charge in [-0.05, 0) is 23.5 Å².